The van der Waals surface area contributed by atoms with Gasteiger partial charge in [-0.25, -0.2) is 9.18 Å². The Labute approximate surface area is 158 Å². The summed E-state index contributed by atoms with van der Waals surface area (Å²) in [5.41, 5.74) is 0.165. The molecular formula is C19H18FNO5S. The zero-order valence-corrected chi connectivity index (χ0v) is 15.2. The average molecular weight is 391 g/mol. The van der Waals surface area contributed by atoms with Gasteiger partial charge in [0.05, 0.1) is 17.8 Å². The summed E-state index contributed by atoms with van der Waals surface area (Å²) in [4.78, 5) is 26.8. The Hall–Kier alpha value is -2.45. The largest absolute Gasteiger partial charge is 0.508 e. The molecule has 142 valence electrons. The summed E-state index contributed by atoms with van der Waals surface area (Å²) < 4.78 is 20.0. The number of halogens is 1. The molecule has 1 fully saturated rings. The minimum atomic E-state index is -0.948. The molecule has 8 heteroatoms. The van der Waals surface area contributed by atoms with Crippen molar-refractivity contribution in [1.82, 2.24) is 4.90 Å². The predicted molar refractivity (Wildman–Crippen MR) is 95.8 cm³/mol. The number of thiophene rings is 1. The summed E-state index contributed by atoms with van der Waals surface area (Å²) in [6.45, 7) is 1.25. The van der Waals surface area contributed by atoms with Crippen LogP contribution >= 0.6 is 11.3 Å². The maximum Gasteiger partial charge on any atom is 0.345 e. The number of piperidine rings is 1. The van der Waals surface area contributed by atoms with Gasteiger partial charge in [0.15, 0.2) is 0 Å². The van der Waals surface area contributed by atoms with E-state index < -0.39 is 23.3 Å². The number of carboxylic acids is 1. The topological polar surface area (TPSA) is 87.1 Å². The Bertz CT molecular complexity index is 917. The normalized spacial score (nSPS) is 18.3. The van der Waals surface area contributed by atoms with Gasteiger partial charge in [-0.15, -0.1) is 11.3 Å². The number of hydrogen-bond donors (Lipinski definition) is 2. The smallest absolute Gasteiger partial charge is 0.345 e. The number of ether oxygens (including phenoxy) is 1. The van der Waals surface area contributed by atoms with Crippen molar-refractivity contribution in [2.75, 3.05) is 19.7 Å². The third-order valence-electron chi connectivity index (χ3n) is 5.26. The molecular weight excluding hydrogens is 373 g/mol. The van der Waals surface area contributed by atoms with Crippen LogP contribution in [0.1, 0.15) is 43.3 Å². The lowest BCUT2D eigenvalue weighted by atomic mass is 9.82. The minimum absolute atomic E-state index is 0.153. The average Bonchev–Trinajstić information content (AvgIpc) is 3.10. The third kappa shape index (κ3) is 3.08. The molecule has 0 aliphatic carbocycles. The van der Waals surface area contributed by atoms with Gasteiger partial charge in [-0.2, -0.15) is 0 Å². The summed E-state index contributed by atoms with van der Waals surface area (Å²) in [5.74, 6) is -2.24. The number of likely N-dealkylation sites (tertiary alicyclic amines) is 1. The maximum atomic E-state index is 14.0. The first-order valence-corrected chi connectivity index (χ1v) is 9.49. The van der Waals surface area contributed by atoms with E-state index in [9.17, 15) is 24.2 Å². The van der Waals surface area contributed by atoms with Gasteiger partial charge in [-0.3, -0.25) is 4.79 Å². The summed E-state index contributed by atoms with van der Waals surface area (Å²) in [6.07, 6.45) is 1.72. The van der Waals surface area contributed by atoms with E-state index in [1.165, 1.54) is 17.4 Å². The summed E-state index contributed by atoms with van der Waals surface area (Å²) in [7, 11) is 0. The van der Waals surface area contributed by atoms with E-state index in [-0.39, 0.29) is 11.3 Å². The number of nitrogens with zero attached hydrogens (tertiary/aromatic N) is 1. The van der Waals surface area contributed by atoms with Crippen LogP contribution in [0.15, 0.2) is 24.3 Å². The predicted octanol–water partition coefficient (Wildman–Crippen LogP) is 3.00. The second-order valence-electron chi connectivity index (χ2n) is 6.80. The Kier molecular flexibility index (Phi) is 4.39. The van der Waals surface area contributed by atoms with Gasteiger partial charge in [-0.1, -0.05) is 0 Å². The van der Waals surface area contributed by atoms with Gasteiger partial charge in [0.2, 0.25) is 0 Å². The quantitative estimate of drug-likeness (QED) is 0.822. The molecule has 2 aromatic rings. The molecule has 2 N–H and O–H groups in total. The number of carbonyl (C=O) groups is 2. The number of phenols is 1. The van der Waals surface area contributed by atoms with Crippen LogP contribution < -0.4 is 0 Å². The molecule has 0 atom stereocenters. The number of fused-ring (bicyclic) bond motifs is 2. The fourth-order valence-electron chi connectivity index (χ4n) is 3.85. The van der Waals surface area contributed by atoms with E-state index in [2.05, 4.69) is 0 Å². The van der Waals surface area contributed by atoms with Gasteiger partial charge >= 0.3 is 5.97 Å². The number of rotatable bonds is 2. The molecule has 1 amide bonds. The second-order valence-corrected chi connectivity index (χ2v) is 7.94. The van der Waals surface area contributed by atoms with Gasteiger partial charge in [-0.05, 0) is 42.7 Å². The molecule has 0 unspecified atom stereocenters. The lowest BCUT2D eigenvalue weighted by Crippen LogP contribution is -2.48. The van der Waals surface area contributed by atoms with E-state index in [1.807, 2.05) is 0 Å². The standard InChI is InChI=1S/C19H18FNO5S/c20-14-2-1-11(22)9-12(14)17(23)21-6-4-19(5-7-21)13-10-16(18(24)25)27-15(13)3-8-26-19/h1-2,9-10,22H,3-8H2,(H,24,25). The van der Waals surface area contributed by atoms with Gasteiger partial charge in [0.1, 0.15) is 16.4 Å². The van der Waals surface area contributed by atoms with E-state index in [0.717, 1.165) is 22.6 Å². The van der Waals surface area contributed by atoms with Crippen molar-refractivity contribution in [3.8, 4) is 5.75 Å². The van der Waals surface area contributed by atoms with Crippen LogP contribution in [-0.2, 0) is 16.8 Å². The number of benzene rings is 1. The zero-order chi connectivity index (χ0) is 19.2. The summed E-state index contributed by atoms with van der Waals surface area (Å²) in [6, 6.07) is 5.10. The van der Waals surface area contributed by atoms with Crippen LogP contribution in [-0.4, -0.2) is 46.7 Å². The number of phenolic OH excluding ortho intramolecular Hbond substituents is 1. The van der Waals surface area contributed by atoms with Crippen molar-refractivity contribution < 1.29 is 28.9 Å². The van der Waals surface area contributed by atoms with Crippen molar-refractivity contribution in [3.63, 3.8) is 0 Å². The molecule has 2 aliphatic rings. The molecule has 3 heterocycles. The molecule has 6 nitrogen and oxygen atoms in total. The van der Waals surface area contributed by atoms with E-state index in [4.69, 9.17) is 4.74 Å². The van der Waals surface area contributed by atoms with Gasteiger partial charge < -0.3 is 19.8 Å². The molecule has 1 aromatic carbocycles. The Morgan fingerprint density at radius 3 is 2.67 bits per heavy atom. The molecule has 2 aliphatic heterocycles. The molecule has 27 heavy (non-hydrogen) atoms. The fraction of sp³-hybridized carbons (Fsp3) is 0.368. The number of aromatic carboxylic acids is 1. The van der Waals surface area contributed by atoms with Crippen LogP contribution in [0.4, 0.5) is 4.39 Å². The molecule has 1 saturated heterocycles. The number of aromatic hydroxyl groups is 1. The summed E-state index contributed by atoms with van der Waals surface area (Å²) >= 11 is 1.28. The third-order valence-corrected chi connectivity index (χ3v) is 6.44. The maximum absolute atomic E-state index is 14.0. The van der Waals surface area contributed by atoms with Crippen molar-refractivity contribution in [2.24, 2.45) is 0 Å². The van der Waals surface area contributed by atoms with Crippen molar-refractivity contribution >= 4 is 23.2 Å². The zero-order valence-electron chi connectivity index (χ0n) is 14.4. The number of carbonyl (C=O) groups excluding carboxylic acids is 1. The van der Waals surface area contributed by atoms with E-state index >= 15 is 0 Å². The molecule has 1 aromatic heterocycles. The van der Waals surface area contributed by atoms with Gasteiger partial charge in [0.25, 0.3) is 5.91 Å². The lowest BCUT2D eigenvalue weighted by Gasteiger charge is -2.44. The highest BCUT2D eigenvalue weighted by Gasteiger charge is 2.43. The first kappa shape index (κ1) is 17.9. The number of carboxylic acid groups (broad SMARTS) is 1. The number of amides is 1. The van der Waals surface area contributed by atoms with Crippen LogP contribution in [0.25, 0.3) is 0 Å². The fourth-order valence-corrected chi connectivity index (χ4v) is 4.92. The molecule has 1 spiro atoms. The SMILES string of the molecule is O=C(O)c1cc2c(s1)CCOC21CCN(C(=O)c2cc(O)ccc2F)CC1. The van der Waals surface area contributed by atoms with E-state index in [0.29, 0.717) is 43.8 Å². The van der Waals surface area contributed by atoms with Crippen LogP contribution in [0.2, 0.25) is 0 Å². The first-order chi connectivity index (χ1) is 12.9. The van der Waals surface area contributed by atoms with E-state index in [1.54, 1.807) is 11.0 Å². The lowest BCUT2D eigenvalue weighted by molar-refractivity contribution is -0.0926. The molecule has 0 radical (unpaired) electrons. The summed E-state index contributed by atoms with van der Waals surface area (Å²) in [5, 5.41) is 18.8. The Morgan fingerprint density at radius 2 is 1.96 bits per heavy atom. The van der Waals surface area contributed by atoms with Crippen LogP contribution in [0.5, 0.6) is 5.75 Å². The highest BCUT2D eigenvalue weighted by Crippen LogP contribution is 2.44. The van der Waals surface area contributed by atoms with Crippen molar-refractivity contribution in [3.05, 3.63) is 51.0 Å². The van der Waals surface area contributed by atoms with Gasteiger partial charge in [0, 0.05) is 24.4 Å². The molecule has 0 bridgehead atoms. The van der Waals surface area contributed by atoms with Crippen LogP contribution in [0.3, 0.4) is 0 Å². The van der Waals surface area contributed by atoms with Crippen molar-refractivity contribution in [1.29, 1.82) is 0 Å². The Morgan fingerprint density at radius 1 is 1.22 bits per heavy atom. The monoisotopic (exact) mass is 391 g/mol. The second kappa shape index (κ2) is 6.61. The highest BCUT2D eigenvalue weighted by atomic mass is 32.1. The Balaban J connectivity index is 1.55. The van der Waals surface area contributed by atoms with Crippen molar-refractivity contribution in [2.45, 2.75) is 24.9 Å². The number of hydrogen-bond acceptors (Lipinski definition) is 5. The highest BCUT2D eigenvalue weighted by molar-refractivity contribution is 7.14. The molecule has 4 rings (SSSR count). The van der Waals surface area contributed by atoms with Crippen LogP contribution in [0, 0.1) is 5.82 Å². The molecule has 0 saturated carbocycles. The first-order valence-electron chi connectivity index (χ1n) is 8.68. The minimum Gasteiger partial charge on any atom is -0.508 e.